The van der Waals surface area contributed by atoms with Crippen LogP contribution in [0, 0.1) is 0 Å². The van der Waals surface area contributed by atoms with Gasteiger partial charge < -0.3 is 15.5 Å². The van der Waals surface area contributed by atoms with E-state index in [0.29, 0.717) is 6.42 Å². The number of carbonyl (C=O) groups excluding carboxylic acids is 1. The van der Waals surface area contributed by atoms with Gasteiger partial charge in [-0.3, -0.25) is 4.79 Å². The lowest BCUT2D eigenvalue weighted by atomic mass is 10.1. The number of hydrogen-bond donors (Lipinski definition) is 3. The summed E-state index contributed by atoms with van der Waals surface area (Å²) in [4.78, 5) is 12.3. The van der Waals surface area contributed by atoms with Crippen LogP contribution in [0.1, 0.15) is 200 Å². The summed E-state index contributed by atoms with van der Waals surface area (Å²) >= 11 is 0. The molecule has 1 amide bonds. The molecule has 0 aromatic rings. The normalized spacial score (nSPS) is 13.5. The monoisotopic (exact) mass is 658 g/mol. The zero-order valence-electron chi connectivity index (χ0n) is 31.3. The van der Waals surface area contributed by atoms with E-state index in [1.165, 1.54) is 135 Å². The number of aliphatic hydroxyl groups is 2. The van der Waals surface area contributed by atoms with E-state index in [0.717, 1.165) is 44.9 Å². The molecule has 0 rings (SSSR count). The van der Waals surface area contributed by atoms with Gasteiger partial charge in [0.25, 0.3) is 0 Å². The van der Waals surface area contributed by atoms with E-state index in [1.54, 1.807) is 6.08 Å². The molecule has 0 fully saturated rings. The molecule has 0 saturated carbocycles. The molecule has 0 spiro atoms. The van der Waals surface area contributed by atoms with Crippen molar-refractivity contribution in [2.45, 2.75) is 212 Å². The van der Waals surface area contributed by atoms with Gasteiger partial charge in [-0.05, 0) is 64.2 Å². The molecule has 4 nitrogen and oxygen atoms in total. The lowest BCUT2D eigenvalue weighted by Crippen LogP contribution is -2.45. The molecule has 0 aromatic carbocycles. The first-order valence-electron chi connectivity index (χ1n) is 20.4. The predicted molar refractivity (Wildman–Crippen MR) is 207 cm³/mol. The molecule has 3 N–H and O–H groups in total. The van der Waals surface area contributed by atoms with Gasteiger partial charge in [0.05, 0.1) is 18.8 Å². The fourth-order valence-corrected chi connectivity index (χ4v) is 5.87. The van der Waals surface area contributed by atoms with Gasteiger partial charge in [0.2, 0.25) is 5.91 Å². The van der Waals surface area contributed by atoms with Crippen LogP contribution in [0.3, 0.4) is 0 Å². The first-order chi connectivity index (χ1) is 23.2. The van der Waals surface area contributed by atoms with Gasteiger partial charge in [-0.25, -0.2) is 0 Å². The standard InChI is InChI=1S/C43H79NO3/c1-3-5-7-9-11-13-15-17-19-21-23-25-27-29-31-33-35-37-39-43(47)44-41(40-45)42(46)38-36-34-32-30-28-26-24-22-20-18-16-14-12-10-8-6-4-2/h13,15,19,21,28,30,36,38,41-42,45-46H,3-12,14,16-18,20,22-27,29,31-35,37,39-40H2,1-2H3,(H,44,47)/b15-13-,21-19-,30-28+,38-36+. The summed E-state index contributed by atoms with van der Waals surface area (Å²) in [6.07, 6.45) is 52.0. The molecule has 2 atom stereocenters. The molecule has 0 aliphatic rings. The number of hydrogen-bond acceptors (Lipinski definition) is 3. The molecule has 0 aromatic heterocycles. The van der Waals surface area contributed by atoms with Crippen LogP contribution in [-0.4, -0.2) is 34.9 Å². The first-order valence-corrected chi connectivity index (χ1v) is 20.4. The van der Waals surface area contributed by atoms with E-state index in [-0.39, 0.29) is 12.5 Å². The molecule has 274 valence electrons. The van der Waals surface area contributed by atoms with E-state index in [4.69, 9.17) is 0 Å². The van der Waals surface area contributed by atoms with Crippen LogP contribution in [0.2, 0.25) is 0 Å². The summed E-state index contributed by atoms with van der Waals surface area (Å²) in [5.74, 6) is -0.0834. The van der Waals surface area contributed by atoms with Gasteiger partial charge in [0, 0.05) is 6.42 Å². The largest absolute Gasteiger partial charge is 0.394 e. The van der Waals surface area contributed by atoms with Crippen LogP contribution in [0.15, 0.2) is 48.6 Å². The summed E-state index contributed by atoms with van der Waals surface area (Å²) < 4.78 is 0. The van der Waals surface area contributed by atoms with Gasteiger partial charge in [-0.15, -0.1) is 0 Å². The fourth-order valence-electron chi connectivity index (χ4n) is 5.87. The van der Waals surface area contributed by atoms with Crippen molar-refractivity contribution in [3.63, 3.8) is 0 Å². The molecule has 47 heavy (non-hydrogen) atoms. The lowest BCUT2D eigenvalue weighted by Gasteiger charge is -2.19. The highest BCUT2D eigenvalue weighted by molar-refractivity contribution is 5.76. The highest BCUT2D eigenvalue weighted by Crippen LogP contribution is 2.13. The highest BCUT2D eigenvalue weighted by atomic mass is 16.3. The van der Waals surface area contributed by atoms with Crippen molar-refractivity contribution in [1.82, 2.24) is 5.32 Å². The van der Waals surface area contributed by atoms with Crippen molar-refractivity contribution < 1.29 is 15.0 Å². The van der Waals surface area contributed by atoms with Crippen LogP contribution < -0.4 is 5.32 Å². The van der Waals surface area contributed by atoms with Crippen LogP contribution >= 0.6 is 0 Å². The third kappa shape index (κ3) is 35.5. The Labute approximate surface area is 293 Å². The van der Waals surface area contributed by atoms with E-state index >= 15 is 0 Å². The van der Waals surface area contributed by atoms with Gasteiger partial charge in [0.1, 0.15) is 0 Å². The number of unbranched alkanes of at least 4 members (excludes halogenated alkanes) is 23. The second kappa shape index (κ2) is 38.8. The molecular formula is C43H79NO3. The number of aliphatic hydroxyl groups excluding tert-OH is 2. The molecule has 0 bridgehead atoms. The van der Waals surface area contributed by atoms with E-state index in [2.05, 4.69) is 55.6 Å². The van der Waals surface area contributed by atoms with Crippen molar-refractivity contribution in [2.75, 3.05) is 6.61 Å². The minimum absolute atomic E-state index is 0.0834. The first kappa shape index (κ1) is 45.3. The quantitative estimate of drug-likeness (QED) is 0.0464. The van der Waals surface area contributed by atoms with Crippen LogP contribution in [-0.2, 0) is 4.79 Å². The molecule has 0 radical (unpaired) electrons. The maximum absolute atomic E-state index is 12.3. The highest BCUT2D eigenvalue weighted by Gasteiger charge is 2.17. The van der Waals surface area contributed by atoms with Crippen molar-refractivity contribution in [1.29, 1.82) is 0 Å². The summed E-state index contributed by atoms with van der Waals surface area (Å²) in [6, 6.07) is -0.643. The Kier molecular flexibility index (Phi) is 37.4. The lowest BCUT2D eigenvalue weighted by molar-refractivity contribution is -0.123. The van der Waals surface area contributed by atoms with Gasteiger partial charge >= 0.3 is 0 Å². The van der Waals surface area contributed by atoms with Gasteiger partial charge in [-0.2, -0.15) is 0 Å². The molecule has 0 aliphatic carbocycles. The Balaban J connectivity index is 3.67. The smallest absolute Gasteiger partial charge is 0.220 e. The fraction of sp³-hybridized carbons (Fsp3) is 0.791. The Hall–Kier alpha value is -1.65. The molecule has 2 unspecified atom stereocenters. The summed E-state index contributed by atoms with van der Waals surface area (Å²) in [7, 11) is 0. The number of allylic oxidation sites excluding steroid dienone is 7. The van der Waals surface area contributed by atoms with Crippen molar-refractivity contribution >= 4 is 5.91 Å². The van der Waals surface area contributed by atoms with Gasteiger partial charge in [-0.1, -0.05) is 178 Å². The molecule has 0 aliphatic heterocycles. The third-order valence-corrected chi connectivity index (χ3v) is 9.03. The number of rotatable bonds is 36. The maximum atomic E-state index is 12.3. The van der Waals surface area contributed by atoms with Crippen molar-refractivity contribution in [3.05, 3.63) is 48.6 Å². The SMILES string of the molecule is CCCCCC/C=C\C/C=C\CCCCCCCCCC(=O)NC(CO)C(O)/C=C/CC/C=C/CCCCCCCCCCCCC. The third-order valence-electron chi connectivity index (χ3n) is 9.03. The van der Waals surface area contributed by atoms with Crippen LogP contribution in [0.5, 0.6) is 0 Å². The number of amides is 1. The average molecular weight is 658 g/mol. The molecular weight excluding hydrogens is 578 g/mol. The van der Waals surface area contributed by atoms with Crippen molar-refractivity contribution in [3.8, 4) is 0 Å². The number of nitrogens with one attached hydrogen (secondary N) is 1. The minimum Gasteiger partial charge on any atom is -0.394 e. The van der Waals surface area contributed by atoms with Crippen LogP contribution in [0.25, 0.3) is 0 Å². The van der Waals surface area contributed by atoms with E-state index in [9.17, 15) is 15.0 Å². The Bertz CT molecular complexity index is 756. The summed E-state index contributed by atoms with van der Waals surface area (Å²) in [5, 5.41) is 22.9. The van der Waals surface area contributed by atoms with Gasteiger partial charge in [0.15, 0.2) is 0 Å². The molecule has 4 heteroatoms. The topological polar surface area (TPSA) is 69.6 Å². The second-order valence-corrected chi connectivity index (χ2v) is 13.7. The molecule has 0 saturated heterocycles. The predicted octanol–water partition coefficient (Wildman–Crippen LogP) is 12.4. The molecule has 0 heterocycles. The van der Waals surface area contributed by atoms with E-state index < -0.39 is 12.1 Å². The average Bonchev–Trinajstić information content (AvgIpc) is 3.07. The zero-order valence-corrected chi connectivity index (χ0v) is 31.3. The second-order valence-electron chi connectivity index (χ2n) is 13.7. The van der Waals surface area contributed by atoms with E-state index in [1.807, 2.05) is 6.08 Å². The number of carbonyl (C=O) groups is 1. The zero-order chi connectivity index (χ0) is 34.3. The summed E-state index contributed by atoms with van der Waals surface area (Å²) in [5.41, 5.74) is 0. The Morgan fingerprint density at radius 3 is 1.38 bits per heavy atom. The Morgan fingerprint density at radius 1 is 0.511 bits per heavy atom. The maximum Gasteiger partial charge on any atom is 0.220 e. The summed E-state index contributed by atoms with van der Waals surface area (Å²) in [6.45, 7) is 4.27. The van der Waals surface area contributed by atoms with Crippen molar-refractivity contribution in [2.24, 2.45) is 0 Å². The van der Waals surface area contributed by atoms with Crippen LogP contribution in [0.4, 0.5) is 0 Å². The Morgan fingerprint density at radius 2 is 0.894 bits per heavy atom. The minimum atomic E-state index is -0.865.